The van der Waals surface area contributed by atoms with E-state index in [2.05, 4.69) is 22.3 Å². The molecule has 6 nitrogen and oxygen atoms in total. The van der Waals surface area contributed by atoms with E-state index in [1.807, 2.05) is 24.3 Å². The summed E-state index contributed by atoms with van der Waals surface area (Å²) < 4.78 is 14.6. The maximum absolute atomic E-state index is 13.3. The number of hydrogen-bond acceptors (Lipinski definition) is 3. The summed E-state index contributed by atoms with van der Waals surface area (Å²) in [5.74, 6) is -0.636. The van der Waals surface area contributed by atoms with Crippen molar-refractivity contribution in [2.45, 2.75) is 13.3 Å². The fourth-order valence-corrected chi connectivity index (χ4v) is 3.74. The Morgan fingerprint density at radius 2 is 1.88 bits per heavy atom. The number of H-pyrrole nitrogens is 1. The van der Waals surface area contributed by atoms with Gasteiger partial charge in [-0.05, 0) is 66.6 Å². The number of anilines is 1. The first kappa shape index (κ1) is 19.7. The predicted molar refractivity (Wildman–Crippen MR) is 123 cm³/mol. The van der Waals surface area contributed by atoms with Crippen LogP contribution in [0.1, 0.15) is 22.8 Å². The van der Waals surface area contributed by atoms with Crippen LogP contribution in [0.2, 0.25) is 0 Å². The third-order valence-electron chi connectivity index (χ3n) is 5.47. The molecule has 0 atom stereocenters. The number of carbonyl (C=O) groups is 1. The molecule has 0 aliphatic carbocycles. The molecule has 5 rings (SSSR count). The van der Waals surface area contributed by atoms with Crippen LogP contribution >= 0.6 is 0 Å². The van der Waals surface area contributed by atoms with Gasteiger partial charge < -0.3 is 5.32 Å². The van der Waals surface area contributed by atoms with Crippen molar-refractivity contribution >= 4 is 33.4 Å². The van der Waals surface area contributed by atoms with Crippen LogP contribution in [0.25, 0.3) is 27.5 Å². The highest BCUT2D eigenvalue weighted by molar-refractivity contribution is 6.10. The third kappa shape index (κ3) is 3.43. The van der Waals surface area contributed by atoms with Gasteiger partial charge in [-0.15, -0.1) is 0 Å². The minimum atomic E-state index is -0.384. The predicted octanol–water partition coefficient (Wildman–Crippen LogP) is 4.82. The van der Waals surface area contributed by atoms with Crippen LogP contribution in [0.15, 0.2) is 77.7 Å². The van der Waals surface area contributed by atoms with Crippen molar-refractivity contribution in [2.75, 3.05) is 5.32 Å². The third-order valence-corrected chi connectivity index (χ3v) is 5.47. The summed E-state index contributed by atoms with van der Waals surface area (Å²) in [5.41, 5.74) is 3.72. The average Bonchev–Trinajstić information content (AvgIpc) is 3.16. The van der Waals surface area contributed by atoms with Gasteiger partial charge in [0, 0.05) is 22.8 Å². The van der Waals surface area contributed by atoms with E-state index in [0.717, 1.165) is 17.7 Å². The summed E-state index contributed by atoms with van der Waals surface area (Å²) in [5, 5.41) is 7.04. The van der Waals surface area contributed by atoms with Crippen molar-refractivity contribution in [2.24, 2.45) is 0 Å². The van der Waals surface area contributed by atoms with Crippen molar-refractivity contribution in [3.63, 3.8) is 0 Å². The number of hydrogen-bond donors (Lipinski definition) is 2. The summed E-state index contributed by atoms with van der Waals surface area (Å²) in [6.07, 6.45) is 2.38. The summed E-state index contributed by atoms with van der Waals surface area (Å²) in [7, 11) is 0. The van der Waals surface area contributed by atoms with E-state index in [9.17, 15) is 14.0 Å². The average molecular weight is 426 g/mol. The summed E-state index contributed by atoms with van der Waals surface area (Å²) in [6.45, 7) is 2.06. The van der Waals surface area contributed by atoms with Gasteiger partial charge in [-0.25, -0.2) is 9.07 Å². The Morgan fingerprint density at radius 1 is 1.06 bits per heavy atom. The molecule has 0 bridgehead atoms. The Labute approximate surface area is 182 Å². The van der Waals surface area contributed by atoms with Crippen LogP contribution in [0.3, 0.4) is 0 Å². The van der Waals surface area contributed by atoms with Crippen LogP contribution in [0, 0.1) is 5.82 Å². The molecule has 32 heavy (non-hydrogen) atoms. The Hall–Kier alpha value is -4.26. The number of halogens is 1. The number of aromatic nitrogens is 3. The maximum Gasteiger partial charge on any atom is 0.280 e. The number of nitrogens with one attached hydrogen (secondary N) is 2. The van der Waals surface area contributed by atoms with Crippen LogP contribution in [0.5, 0.6) is 0 Å². The van der Waals surface area contributed by atoms with Crippen molar-refractivity contribution in [3.05, 3.63) is 100 Å². The minimum Gasteiger partial charge on any atom is -0.322 e. The highest BCUT2D eigenvalue weighted by Gasteiger charge is 2.14. The molecule has 3 aromatic carbocycles. The van der Waals surface area contributed by atoms with Crippen molar-refractivity contribution in [1.29, 1.82) is 0 Å². The number of amides is 1. The standard InChI is InChI=1S/C25H19FN4O2/c1-2-15-4-3-5-18(12-15)28-24(31)16-6-11-22-20(13-16)23-21(14-27-22)25(32)30(29-23)19-9-7-17(26)8-10-19/h3-14,29H,2H2,1H3,(H,28,31). The SMILES string of the molecule is CCc1cccc(NC(=O)c2ccc3ncc4c(=O)n(-c5ccc(F)cc5)[nH]c4c3c2)c1. The Kier molecular flexibility index (Phi) is 4.78. The maximum atomic E-state index is 13.3. The van der Waals surface area contributed by atoms with Gasteiger partial charge in [0.25, 0.3) is 11.5 Å². The lowest BCUT2D eigenvalue weighted by Gasteiger charge is -2.08. The number of aryl methyl sites for hydroxylation is 1. The van der Waals surface area contributed by atoms with Gasteiger partial charge >= 0.3 is 0 Å². The first-order chi connectivity index (χ1) is 15.5. The number of carbonyl (C=O) groups excluding carboxylic acids is 1. The molecule has 0 saturated carbocycles. The van der Waals surface area contributed by atoms with Crippen LogP contribution in [-0.2, 0) is 6.42 Å². The van der Waals surface area contributed by atoms with Gasteiger partial charge in [0.05, 0.1) is 22.1 Å². The molecule has 0 aliphatic rings. The van der Waals surface area contributed by atoms with Crippen molar-refractivity contribution in [1.82, 2.24) is 14.8 Å². The molecule has 0 fully saturated rings. The highest BCUT2D eigenvalue weighted by atomic mass is 19.1. The zero-order valence-corrected chi connectivity index (χ0v) is 17.2. The number of nitrogens with zero attached hydrogens (tertiary/aromatic N) is 2. The van der Waals surface area contributed by atoms with Gasteiger partial charge in [0.1, 0.15) is 5.82 Å². The lowest BCUT2D eigenvalue weighted by molar-refractivity contribution is 0.102. The van der Waals surface area contributed by atoms with E-state index in [4.69, 9.17) is 0 Å². The van der Waals surface area contributed by atoms with Gasteiger partial charge in [-0.3, -0.25) is 19.7 Å². The molecule has 2 aromatic heterocycles. The zero-order valence-electron chi connectivity index (χ0n) is 17.2. The highest BCUT2D eigenvalue weighted by Crippen LogP contribution is 2.23. The molecule has 158 valence electrons. The first-order valence-corrected chi connectivity index (χ1v) is 10.2. The molecule has 0 spiro atoms. The normalized spacial score (nSPS) is 11.2. The number of benzene rings is 3. The Balaban J connectivity index is 1.58. The van der Waals surface area contributed by atoms with Crippen LogP contribution < -0.4 is 10.9 Å². The second kappa shape index (κ2) is 7.77. The number of aromatic amines is 1. The zero-order chi connectivity index (χ0) is 22.2. The van der Waals surface area contributed by atoms with E-state index in [1.165, 1.54) is 35.1 Å². The quantitative estimate of drug-likeness (QED) is 0.432. The summed E-state index contributed by atoms with van der Waals surface area (Å²) in [6, 6.07) is 18.5. The number of rotatable bonds is 4. The molecule has 5 aromatic rings. The smallest absolute Gasteiger partial charge is 0.280 e. The van der Waals surface area contributed by atoms with Gasteiger partial charge in [0.15, 0.2) is 0 Å². The van der Waals surface area contributed by atoms with E-state index in [-0.39, 0.29) is 17.3 Å². The lowest BCUT2D eigenvalue weighted by Crippen LogP contribution is -2.14. The molecular weight excluding hydrogens is 407 g/mol. The fourth-order valence-electron chi connectivity index (χ4n) is 3.74. The minimum absolute atomic E-state index is 0.252. The Morgan fingerprint density at radius 3 is 2.66 bits per heavy atom. The number of pyridine rings is 1. The molecule has 2 heterocycles. The largest absolute Gasteiger partial charge is 0.322 e. The second-order valence-electron chi connectivity index (χ2n) is 7.52. The Bertz CT molecular complexity index is 1530. The number of fused-ring (bicyclic) bond motifs is 3. The van der Waals surface area contributed by atoms with Crippen molar-refractivity contribution in [3.8, 4) is 5.69 Å². The first-order valence-electron chi connectivity index (χ1n) is 10.2. The van der Waals surface area contributed by atoms with Crippen LogP contribution in [-0.4, -0.2) is 20.7 Å². The van der Waals surface area contributed by atoms with Crippen LogP contribution in [0.4, 0.5) is 10.1 Å². The lowest BCUT2D eigenvalue weighted by atomic mass is 10.1. The van der Waals surface area contributed by atoms with Gasteiger partial charge in [0.2, 0.25) is 0 Å². The van der Waals surface area contributed by atoms with E-state index < -0.39 is 0 Å². The van der Waals surface area contributed by atoms with E-state index >= 15 is 0 Å². The van der Waals surface area contributed by atoms with Gasteiger partial charge in [-0.2, -0.15) is 0 Å². The summed E-state index contributed by atoms with van der Waals surface area (Å²) in [4.78, 5) is 30.1. The molecular formula is C25H19FN4O2. The monoisotopic (exact) mass is 426 g/mol. The molecule has 0 radical (unpaired) electrons. The second-order valence-corrected chi connectivity index (χ2v) is 7.52. The molecule has 0 aliphatic heterocycles. The van der Waals surface area contributed by atoms with E-state index in [0.29, 0.717) is 33.1 Å². The molecule has 2 N–H and O–H groups in total. The van der Waals surface area contributed by atoms with E-state index in [1.54, 1.807) is 18.2 Å². The van der Waals surface area contributed by atoms with Crippen molar-refractivity contribution < 1.29 is 9.18 Å². The summed E-state index contributed by atoms with van der Waals surface area (Å²) >= 11 is 0. The molecule has 0 unspecified atom stereocenters. The molecule has 7 heteroatoms. The molecule has 1 amide bonds. The topological polar surface area (TPSA) is 79.8 Å². The fraction of sp³-hybridized carbons (Fsp3) is 0.0800. The molecule has 0 saturated heterocycles. The van der Waals surface area contributed by atoms with Gasteiger partial charge in [-0.1, -0.05) is 19.1 Å².